The van der Waals surface area contributed by atoms with Crippen molar-refractivity contribution >= 4 is 11.8 Å². The zero-order valence-corrected chi connectivity index (χ0v) is 12.5. The van der Waals surface area contributed by atoms with E-state index in [4.69, 9.17) is 15.2 Å². The van der Waals surface area contributed by atoms with E-state index in [1.165, 1.54) is 13.8 Å². The first-order valence-corrected chi connectivity index (χ1v) is 6.87. The lowest BCUT2D eigenvalue weighted by Crippen LogP contribution is -2.45. The summed E-state index contributed by atoms with van der Waals surface area (Å²) in [5.41, 5.74) is 4.27. The van der Waals surface area contributed by atoms with E-state index in [-0.39, 0.29) is 5.82 Å². The molecule has 0 saturated carbocycles. The first kappa shape index (κ1) is 17.3. The van der Waals surface area contributed by atoms with Crippen LogP contribution in [0, 0.1) is 5.92 Å². The molecule has 0 radical (unpaired) electrons. The Kier molecular flexibility index (Phi) is 4.66. The maximum atomic E-state index is 14.6. The number of aliphatic hydroxyl groups is 1. The number of rotatable bonds is 4. The fourth-order valence-electron chi connectivity index (χ4n) is 2.13. The molecule has 1 aromatic heterocycles. The van der Waals surface area contributed by atoms with Crippen molar-refractivity contribution in [2.24, 2.45) is 5.92 Å². The van der Waals surface area contributed by atoms with Gasteiger partial charge in [-0.05, 0) is 6.07 Å². The zero-order valence-electron chi connectivity index (χ0n) is 12.5. The summed E-state index contributed by atoms with van der Waals surface area (Å²) in [6, 6.07) is 1.16. The Labute approximate surface area is 129 Å². The van der Waals surface area contributed by atoms with Gasteiger partial charge in [-0.15, -0.1) is 0 Å². The molecule has 0 aromatic carbocycles. The topological polar surface area (TPSA) is 117 Å². The monoisotopic (exact) mass is 333 g/mol. The van der Waals surface area contributed by atoms with Gasteiger partial charge in [0.2, 0.25) is 6.23 Å². The molecule has 3 atom stereocenters. The Morgan fingerprint density at radius 2 is 2.26 bits per heavy atom. The summed E-state index contributed by atoms with van der Waals surface area (Å²) in [5, 5.41) is 9.23. The molecule has 1 aromatic rings. The predicted octanol–water partition coefficient (Wildman–Crippen LogP) is -0.0817. The van der Waals surface area contributed by atoms with Gasteiger partial charge in [0, 0.05) is 6.20 Å². The second kappa shape index (κ2) is 6.20. The molecule has 128 valence electrons. The Hall–Kier alpha value is -2.07. The van der Waals surface area contributed by atoms with E-state index in [9.17, 15) is 23.5 Å². The number of hydrogen-bond acceptors (Lipinski definition) is 7. The highest BCUT2D eigenvalue weighted by molar-refractivity contribution is 5.71. The molecule has 1 unspecified atom stereocenters. The number of ether oxygens (including phenoxy) is 2. The minimum Gasteiger partial charge on any atom is -0.453 e. The van der Waals surface area contributed by atoms with E-state index in [1.807, 2.05) is 0 Å². The van der Waals surface area contributed by atoms with E-state index < -0.39 is 48.5 Å². The molecule has 2 heterocycles. The number of nitrogens with two attached hydrogens (primary N) is 1. The Morgan fingerprint density at radius 1 is 1.61 bits per heavy atom. The van der Waals surface area contributed by atoms with Crippen LogP contribution in [0.25, 0.3) is 0 Å². The van der Waals surface area contributed by atoms with Gasteiger partial charge in [0.05, 0.1) is 12.5 Å². The number of nitrogens with zero attached hydrogens (tertiary/aromatic N) is 2. The van der Waals surface area contributed by atoms with E-state index in [1.54, 1.807) is 0 Å². The molecule has 2 rings (SSSR count). The molecule has 8 nitrogen and oxygen atoms in total. The summed E-state index contributed by atoms with van der Waals surface area (Å²) in [6.45, 7) is 2.16. The second-order valence-electron chi connectivity index (χ2n) is 5.44. The van der Waals surface area contributed by atoms with Crippen LogP contribution in [0.3, 0.4) is 0 Å². The maximum absolute atomic E-state index is 14.6. The van der Waals surface area contributed by atoms with Crippen LogP contribution in [0.2, 0.25) is 0 Å². The van der Waals surface area contributed by atoms with Crippen LogP contribution in [-0.2, 0) is 14.3 Å². The van der Waals surface area contributed by atoms with Crippen molar-refractivity contribution in [1.82, 2.24) is 9.55 Å². The van der Waals surface area contributed by atoms with Gasteiger partial charge in [0.15, 0.2) is 6.10 Å². The SMILES string of the molecule is CC(C)C(=O)OC1[C@@H](CO)O[C@@H](n2ccc(N)nc2=O)C1(F)F. The minimum atomic E-state index is -3.74. The van der Waals surface area contributed by atoms with E-state index in [0.717, 1.165) is 12.3 Å². The van der Waals surface area contributed by atoms with E-state index in [2.05, 4.69) is 4.98 Å². The number of aliphatic hydroxyl groups excluding tert-OH is 1. The average molecular weight is 333 g/mol. The lowest BCUT2D eigenvalue weighted by molar-refractivity contribution is -0.179. The first-order chi connectivity index (χ1) is 10.7. The number of aromatic nitrogens is 2. The van der Waals surface area contributed by atoms with Gasteiger partial charge >= 0.3 is 17.6 Å². The number of esters is 1. The van der Waals surface area contributed by atoms with Crippen molar-refractivity contribution in [3.8, 4) is 0 Å². The molecule has 23 heavy (non-hydrogen) atoms. The normalized spacial score (nSPS) is 26.4. The van der Waals surface area contributed by atoms with Gasteiger partial charge in [-0.3, -0.25) is 9.36 Å². The second-order valence-corrected chi connectivity index (χ2v) is 5.44. The van der Waals surface area contributed by atoms with Crippen LogP contribution in [0.5, 0.6) is 0 Å². The fourth-order valence-corrected chi connectivity index (χ4v) is 2.13. The Bertz CT molecular complexity index is 649. The summed E-state index contributed by atoms with van der Waals surface area (Å²) < 4.78 is 39.5. The zero-order chi connectivity index (χ0) is 17.4. The third-order valence-electron chi connectivity index (χ3n) is 3.35. The minimum absolute atomic E-state index is 0.131. The summed E-state index contributed by atoms with van der Waals surface area (Å²) in [4.78, 5) is 26.7. The standard InChI is InChI=1S/C13H17F2N3O5/c1-6(2)10(20)23-9-7(5-19)22-11(13(9,14)15)18-4-3-8(16)17-12(18)21/h3-4,6-7,9,11,19H,5H2,1-2H3,(H2,16,17,21)/t7-,9?,11-/m1/s1. The Balaban J connectivity index is 2.36. The van der Waals surface area contributed by atoms with E-state index in [0.29, 0.717) is 4.57 Å². The lowest BCUT2D eigenvalue weighted by Gasteiger charge is -2.24. The molecule has 10 heteroatoms. The molecule has 1 fully saturated rings. The van der Waals surface area contributed by atoms with Crippen molar-refractivity contribution in [3.63, 3.8) is 0 Å². The predicted molar refractivity (Wildman–Crippen MR) is 73.6 cm³/mol. The molecule has 3 N–H and O–H groups in total. The van der Waals surface area contributed by atoms with Gasteiger partial charge in [-0.1, -0.05) is 13.8 Å². The van der Waals surface area contributed by atoms with Crippen LogP contribution in [-0.4, -0.2) is 45.4 Å². The molecule has 1 aliphatic rings. The molecule has 1 aliphatic heterocycles. The number of hydrogen-bond donors (Lipinski definition) is 2. The van der Waals surface area contributed by atoms with Crippen molar-refractivity contribution < 1.29 is 28.2 Å². The third-order valence-corrected chi connectivity index (χ3v) is 3.35. The highest BCUT2D eigenvalue weighted by Crippen LogP contribution is 2.44. The molecule has 0 aliphatic carbocycles. The average Bonchev–Trinajstić information content (AvgIpc) is 2.70. The van der Waals surface area contributed by atoms with Crippen LogP contribution in [0.4, 0.5) is 14.6 Å². The number of anilines is 1. The van der Waals surface area contributed by atoms with Gasteiger partial charge < -0.3 is 20.3 Å². The van der Waals surface area contributed by atoms with Crippen molar-refractivity contribution in [3.05, 3.63) is 22.7 Å². The van der Waals surface area contributed by atoms with Crippen molar-refractivity contribution in [2.45, 2.75) is 38.2 Å². The Morgan fingerprint density at radius 3 is 2.78 bits per heavy atom. The number of alkyl halides is 2. The fraction of sp³-hybridized carbons (Fsp3) is 0.615. The number of halogens is 2. The highest BCUT2D eigenvalue weighted by Gasteiger charge is 2.62. The maximum Gasteiger partial charge on any atom is 0.351 e. The summed E-state index contributed by atoms with van der Waals surface area (Å²) in [7, 11) is 0. The number of carbonyl (C=O) groups excluding carboxylic acids is 1. The van der Waals surface area contributed by atoms with Crippen molar-refractivity contribution in [1.29, 1.82) is 0 Å². The molecular formula is C13H17F2N3O5. The molecule has 0 spiro atoms. The largest absolute Gasteiger partial charge is 0.453 e. The number of nitrogen functional groups attached to an aromatic ring is 1. The quantitative estimate of drug-likeness (QED) is 0.740. The summed E-state index contributed by atoms with van der Waals surface area (Å²) in [6.07, 6.45) is -4.55. The molecular weight excluding hydrogens is 316 g/mol. The van der Waals surface area contributed by atoms with Crippen LogP contribution >= 0.6 is 0 Å². The summed E-state index contributed by atoms with van der Waals surface area (Å²) in [5.74, 6) is -5.36. The number of carbonyl (C=O) groups is 1. The molecule has 0 bridgehead atoms. The summed E-state index contributed by atoms with van der Waals surface area (Å²) >= 11 is 0. The highest BCUT2D eigenvalue weighted by atomic mass is 19.3. The van der Waals surface area contributed by atoms with E-state index >= 15 is 0 Å². The van der Waals surface area contributed by atoms with Gasteiger partial charge in [0.25, 0.3) is 0 Å². The van der Waals surface area contributed by atoms with Crippen LogP contribution in [0.1, 0.15) is 20.1 Å². The van der Waals surface area contributed by atoms with Crippen LogP contribution < -0.4 is 11.4 Å². The van der Waals surface area contributed by atoms with Gasteiger partial charge in [-0.2, -0.15) is 13.8 Å². The lowest BCUT2D eigenvalue weighted by atomic mass is 10.1. The third kappa shape index (κ3) is 3.17. The van der Waals surface area contributed by atoms with Crippen LogP contribution in [0.15, 0.2) is 17.1 Å². The first-order valence-electron chi connectivity index (χ1n) is 6.87. The van der Waals surface area contributed by atoms with Crippen molar-refractivity contribution in [2.75, 3.05) is 12.3 Å². The molecule has 0 amide bonds. The smallest absolute Gasteiger partial charge is 0.351 e. The van der Waals surface area contributed by atoms with Gasteiger partial charge in [-0.25, -0.2) is 4.79 Å². The van der Waals surface area contributed by atoms with Gasteiger partial charge in [0.1, 0.15) is 11.9 Å². The molecule has 1 saturated heterocycles.